The van der Waals surface area contributed by atoms with Crippen molar-refractivity contribution in [2.24, 2.45) is 0 Å². The van der Waals surface area contributed by atoms with Crippen molar-refractivity contribution in [1.29, 1.82) is 0 Å². The minimum absolute atomic E-state index is 0.0179. The van der Waals surface area contributed by atoms with Crippen LogP contribution in [0.4, 0.5) is 5.69 Å². The molecule has 1 aliphatic rings. The van der Waals surface area contributed by atoms with Crippen LogP contribution in [0.25, 0.3) is 22.1 Å². The quantitative estimate of drug-likeness (QED) is 0.536. The predicted molar refractivity (Wildman–Crippen MR) is 113 cm³/mol. The molecule has 0 bridgehead atoms. The van der Waals surface area contributed by atoms with Crippen LogP contribution in [0.1, 0.15) is 29.5 Å². The van der Waals surface area contributed by atoms with E-state index in [1.807, 2.05) is 6.08 Å². The highest BCUT2D eigenvalue weighted by atomic mass is 32.1. The minimum Gasteiger partial charge on any atom is -0.372 e. The van der Waals surface area contributed by atoms with Crippen LogP contribution in [0.3, 0.4) is 0 Å². The number of rotatable bonds is 2. The maximum Gasteiger partial charge on any atom is 0.274 e. The number of imidazole rings is 1. The molecule has 0 N–H and O–H groups in total. The predicted octanol–water partition coefficient (Wildman–Crippen LogP) is 3.67. The van der Waals surface area contributed by atoms with Gasteiger partial charge in [0.25, 0.3) is 5.56 Å². The summed E-state index contributed by atoms with van der Waals surface area (Å²) >= 11 is 1.46. The molecular weight excluding hydrogens is 354 g/mol. The summed E-state index contributed by atoms with van der Waals surface area (Å²) in [4.78, 5) is 20.8. The Morgan fingerprint density at radius 3 is 2.48 bits per heavy atom. The van der Waals surface area contributed by atoms with E-state index in [9.17, 15) is 4.79 Å². The smallest absolute Gasteiger partial charge is 0.274 e. The van der Waals surface area contributed by atoms with E-state index >= 15 is 0 Å². The van der Waals surface area contributed by atoms with Gasteiger partial charge in [-0.2, -0.15) is 0 Å². The maximum absolute atomic E-state index is 13.0. The van der Waals surface area contributed by atoms with Crippen LogP contribution in [-0.4, -0.2) is 22.5 Å². The van der Waals surface area contributed by atoms with Crippen molar-refractivity contribution in [1.82, 2.24) is 9.38 Å². The summed E-state index contributed by atoms with van der Waals surface area (Å²) in [5, 5.41) is 0. The number of aryl methyl sites for hydroxylation is 2. The average Bonchev–Trinajstić information content (AvgIpc) is 3.36. The summed E-state index contributed by atoms with van der Waals surface area (Å²) in [5.41, 5.74) is 6.51. The van der Waals surface area contributed by atoms with Gasteiger partial charge in [-0.25, -0.2) is 9.38 Å². The molecule has 0 atom stereocenters. The second-order valence-electron chi connectivity index (χ2n) is 7.36. The van der Waals surface area contributed by atoms with Crippen molar-refractivity contribution in [2.45, 2.75) is 26.7 Å². The van der Waals surface area contributed by atoms with Crippen LogP contribution < -0.4 is 15.0 Å². The van der Waals surface area contributed by atoms with E-state index in [1.54, 1.807) is 4.40 Å². The first kappa shape index (κ1) is 16.5. The molecule has 27 heavy (non-hydrogen) atoms. The van der Waals surface area contributed by atoms with Crippen molar-refractivity contribution < 1.29 is 0 Å². The Kier molecular flexibility index (Phi) is 3.79. The lowest BCUT2D eigenvalue weighted by molar-refractivity contribution is 0.949. The third kappa shape index (κ3) is 2.73. The molecule has 0 unspecified atom stereocenters. The van der Waals surface area contributed by atoms with E-state index in [0.717, 1.165) is 39.2 Å². The summed E-state index contributed by atoms with van der Waals surface area (Å²) in [6, 6.07) is 12.6. The first-order valence-electron chi connectivity index (χ1n) is 9.39. The second-order valence-corrected chi connectivity index (χ2v) is 8.37. The first-order chi connectivity index (χ1) is 13.1. The summed E-state index contributed by atoms with van der Waals surface area (Å²) in [6.45, 7) is 6.43. The number of anilines is 1. The van der Waals surface area contributed by atoms with Crippen LogP contribution in [0.15, 0.2) is 41.2 Å². The molecule has 3 heterocycles. The van der Waals surface area contributed by atoms with Crippen LogP contribution in [0.2, 0.25) is 0 Å². The fourth-order valence-electron chi connectivity index (χ4n) is 3.83. The highest BCUT2D eigenvalue weighted by Gasteiger charge is 2.13. The van der Waals surface area contributed by atoms with Gasteiger partial charge in [0.1, 0.15) is 0 Å². The molecule has 0 saturated carbocycles. The number of aromatic nitrogens is 2. The SMILES string of the molecule is Cc1cc2nc3s/c(=C/c4ccc(N5CCCC5)cc4)c(=O)n3c2cc1C. The van der Waals surface area contributed by atoms with Gasteiger partial charge in [0.05, 0.1) is 15.6 Å². The van der Waals surface area contributed by atoms with Gasteiger partial charge in [-0.1, -0.05) is 23.5 Å². The van der Waals surface area contributed by atoms with Crippen molar-refractivity contribution in [3.8, 4) is 0 Å². The van der Waals surface area contributed by atoms with Gasteiger partial charge in [-0.05, 0) is 73.7 Å². The molecule has 2 aromatic heterocycles. The highest BCUT2D eigenvalue weighted by molar-refractivity contribution is 7.15. The number of nitrogens with zero attached hydrogens (tertiary/aromatic N) is 3. The van der Waals surface area contributed by atoms with Crippen LogP contribution in [0.5, 0.6) is 0 Å². The molecule has 5 rings (SSSR count). The van der Waals surface area contributed by atoms with E-state index in [0.29, 0.717) is 0 Å². The van der Waals surface area contributed by atoms with E-state index in [2.05, 4.69) is 60.1 Å². The second kappa shape index (κ2) is 6.20. The summed E-state index contributed by atoms with van der Waals surface area (Å²) in [7, 11) is 0. The summed E-state index contributed by atoms with van der Waals surface area (Å²) < 4.78 is 2.48. The summed E-state index contributed by atoms with van der Waals surface area (Å²) in [6.07, 6.45) is 4.52. The molecule has 0 aliphatic carbocycles. The Bertz CT molecular complexity index is 1260. The molecule has 0 spiro atoms. The van der Waals surface area contributed by atoms with Gasteiger partial charge in [-0.3, -0.25) is 4.79 Å². The zero-order valence-electron chi connectivity index (χ0n) is 15.5. The van der Waals surface area contributed by atoms with E-state index in [4.69, 9.17) is 0 Å². The largest absolute Gasteiger partial charge is 0.372 e. The van der Waals surface area contributed by atoms with Crippen molar-refractivity contribution >= 4 is 39.1 Å². The molecule has 1 aliphatic heterocycles. The average molecular weight is 375 g/mol. The third-order valence-electron chi connectivity index (χ3n) is 5.52. The third-order valence-corrected chi connectivity index (χ3v) is 6.49. The fourth-order valence-corrected chi connectivity index (χ4v) is 4.81. The number of fused-ring (bicyclic) bond motifs is 3. The summed E-state index contributed by atoms with van der Waals surface area (Å²) in [5.74, 6) is 0. The Morgan fingerprint density at radius 1 is 1.04 bits per heavy atom. The Labute approximate surface area is 161 Å². The lowest BCUT2D eigenvalue weighted by Gasteiger charge is -2.17. The topological polar surface area (TPSA) is 37.6 Å². The molecule has 1 fully saturated rings. The molecule has 136 valence electrons. The molecule has 5 heteroatoms. The van der Waals surface area contributed by atoms with Crippen LogP contribution >= 0.6 is 11.3 Å². The monoisotopic (exact) mass is 375 g/mol. The van der Waals surface area contributed by atoms with E-state index in [-0.39, 0.29) is 5.56 Å². The minimum atomic E-state index is 0.0179. The standard InChI is InChI=1S/C22H21N3OS/c1-14-11-18-19(12-15(14)2)25-21(26)20(27-22(25)23-18)13-16-5-7-17(8-6-16)24-9-3-4-10-24/h5-8,11-13H,3-4,9-10H2,1-2H3/b20-13+. The molecular formula is C22H21N3OS. The number of hydrogen-bond donors (Lipinski definition) is 0. The molecule has 0 radical (unpaired) electrons. The number of hydrogen-bond acceptors (Lipinski definition) is 4. The zero-order chi connectivity index (χ0) is 18.5. The van der Waals surface area contributed by atoms with Crippen molar-refractivity contribution in [3.63, 3.8) is 0 Å². The van der Waals surface area contributed by atoms with Gasteiger partial charge >= 0.3 is 0 Å². The molecule has 0 amide bonds. The molecule has 1 saturated heterocycles. The van der Waals surface area contributed by atoms with E-state index < -0.39 is 0 Å². The maximum atomic E-state index is 13.0. The van der Waals surface area contributed by atoms with Crippen molar-refractivity contribution in [3.05, 3.63) is 68.0 Å². The lowest BCUT2D eigenvalue weighted by atomic mass is 10.1. The van der Waals surface area contributed by atoms with Gasteiger partial charge < -0.3 is 4.90 Å². The zero-order valence-corrected chi connectivity index (χ0v) is 16.3. The Hall–Kier alpha value is -2.66. The normalized spacial score (nSPS) is 15.5. The Balaban J connectivity index is 1.59. The van der Waals surface area contributed by atoms with Crippen LogP contribution in [0, 0.1) is 13.8 Å². The van der Waals surface area contributed by atoms with Crippen molar-refractivity contribution in [2.75, 3.05) is 18.0 Å². The van der Waals surface area contributed by atoms with Gasteiger partial charge in [-0.15, -0.1) is 0 Å². The number of benzene rings is 2. The van der Waals surface area contributed by atoms with E-state index in [1.165, 1.54) is 41.0 Å². The molecule has 2 aromatic carbocycles. The molecule has 4 nitrogen and oxygen atoms in total. The van der Waals surface area contributed by atoms with Gasteiger partial charge in [0.15, 0.2) is 4.96 Å². The van der Waals surface area contributed by atoms with Crippen LogP contribution in [-0.2, 0) is 0 Å². The Morgan fingerprint density at radius 2 is 1.74 bits per heavy atom. The van der Waals surface area contributed by atoms with Gasteiger partial charge in [0, 0.05) is 18.8 Å². The highest BCUT2D eigenvalue weighted by Crippen LogP contribution is 2.22. The first-order valence-corrected chi connectivity index (χ1v) is 10.2. The lowest BCUT2D eigenvalue weighted by Crippen LogP contribution is -2.22. The number of thiazole rings is 1. The van der Waals surface area contributed by atoms with Gasteiger partial charge in [0.2, 0.25) is 0 Å². The fraction of sp³-hybridized carbons (Fsp3) is 0.273. The molecule has 4 aromatic rings.